The van der Waals surface area contributed by atoms with Crippen molar-refractivity contribution in [1.82, 2.24) is 4.90 Å². The summed E-state index contributed by atoms with van der Waals surface area (Å²) in [5.74, 6) is -0.861. The summed E-state index contributed by atoms with van der Waals surface area (Å²) in [6, 6.07) is 10.7. The van der Waals surface area contributed by atoms with Gasteiger partial charge in [0.15, 0.2) is 5.43 Å². The van der Waals surface area contributed by atoms with Crippen molar-refractivity contribution in [1.29, 1.82) is 0 Å². The van der Waals surface area contributed by atoms with Crippen LogP contribution < -0.4 is 5.43 Å². The van der Waals surface area contributed by atoms with Crippen molar-refractivity contribution in [2.75, 3.05) is 13.2 Å². The quantitative estimate of drug-likeness (QED) is 0.676. The maximum Gasteiger partial charge on any atom is 0.291 e. The van der Waals surface area contributed by atoms with Gasteiger partial charge in [-0.1, -0.05) is 29.8 Å². The predicted molar refractivity (Wildman–Crippen MR) is 105 cm³/mol. The molecule has 0 unspecified atom stereocenters. The summed E-state index contributed by atoms with van der Waals surface area (Å²) in [5, 5.41) is 0.400. The minimum Gasteiger partial charge on any atom is -0.450 e. The zero-order chi connectivity index (χ0) is 20.1. The smallest absolute Gasteiger partial charge is 0.291 e. The summed E-state index contributed by atoms with van der Waals surface area (Å²) >= 11 is 0. The second-order valence-corrected chi connectivity index (χ2v) is 7.69. The van der Waals surface area contributed by atoms with Gasteiger partial charge in [-0.15, -0.1) is 0 Å². The monoisotopic (exact) mass is 393 g/mol. The molecule has 148 valence electrons. The molecule has 5 nitrogen and oxygen atoms in total. The summed E-state index contributed by atoms with van der Waals surface area (Å²) < 4.78 is 26.3. The number of amides is 1. The van der Waals surface area contributed by atoms with Gasteiger partial charge in [0, 0.05) is 18.7 Å². The fourth-order valence-corrected chi connectivity index (χ4v) is 4.35. The number of hydrogen-bond donors (Lipinski definition) is 0. The first kappa shape index (κ1) is 18.1. The highest BCUT2D eigenvalue weighted by atomic mass is 19.1. The van der Waals surface area contributed by atoms with Crippen molar-refractivity contribution in [3.8, 4) is 0 Å². The van der Waals surface area contributed by atoms with Crippen LogP contribution in [0.3, 0.4) is 0 Å². The average molecular weight is 393 g/mol. The summed E-state index contributed by atoms with van der Waals surface area (Å²) in [5.41, 5.74) is 1.47. The van der Waals surface area contributed by atoms with E-state index < -0.39 is 17.8 Å². The molecule has 1 fully saturated rings. The van der Waals surface area contributed by atoms with Crippen molar-refractivity contribution >= 4 is 16.9 Å². The number of benzene rings is 2. The highest BCUT2D eigenvalue weighted by molar-refractivity contribution is 5.99. The van der Waals surface area contributed by atoms with Crippen LogP contribution in [-0.2, 0) is 4.74 Å². The first-order valence-electron chi connectivity index (χ1n) is 9.79. The molecule has 0 bridgehead atoms. The van der Waals surface area contributed by atoms with Gasteiger partial charge in [0.1, 0.15) is 11.4 Å². The second-order valence-electron chi connectivity index (χ2n) is 7.69. The summed E-state index contributed by atoms with van der Waals surface area (Å²) in [6.45, 7) is 2.82. The predicted octanol–water partition coefficient (Wildman–Crippen LogP) is 3.96. The minimum absolute atomic E-state index is 0.00222. The Balaban J connectivity index is 1.74. The number of carbonyl (C=O) groups excluding carboxylic acids is 1. The van der Waals surface area contributed by atoms with Crippen molar-refractivity contribution in [3.05, 3.63) is 81.0 Å². The number of ether oxygens (including phenoxy) is 1. The van der Waals surface area contributed by atoms with Crippen LogP contribution >= 0.6 is 0 Å². The number of aryl methyl sites for hydroxylation is 1. The summed E-state index contributed by atoms with van der Waals surface area (Å²) in [7, 11) is 0. The molecule has 29 heavy (non-hydrogen) atoms. The fraction of sp³-hybridized carbons (Fsp3) is 0.304. The molecule has 6 heteroatoms. The van der Waals surface area contributed by atoms with Gasteiger partial charge in [-0.2, -0.15) is 0 Å². The van der Waals surface area contributed by atoms with Crippen LogP contribution in [0.2, 0.25) is 0 Å². The van der Waals surface area contributed by atoms with Gasteiger partial charge < -0.3 is 14.1 Å². The van der Waals surface area contributed by atoms with E-state index in [2.05, 4.69) is 0 Å². The highest BCUT2D eigenvalue weighted by Crippen LogP contribution is 2.39. The molecule has 0 N–H and O–H groups in total. The third-order valence-corrected chi connectivity index (χ3v) is 5.75. The topological polar surface area (TPSA) is 59.8 Å². The minimum atomic E-state index is -0.830. The SMILES string of the molecule is Cc1ccc2oc3c(c(=O)c2c1)[C@H](c1ccccc1F)N(C[C@H]1CCCO1)C3=O. The Bertz CT molecular complexity index is 1180. The normalized spacial score (nSPS) is 21.2. The molecule has 1 aromatic heterocycles. The first-order chi connectivity index (χ1) is 14.0. The van der Waals surface area contributed by atoms with Gasteiger partial charge in [-0.25, -0.2) is 4.39 Å². The third kappa shape index (κ3) is 2.86. The van der Waals surface area contributed by atoms with Crippen LogP contribution in [0.5, 0.6) is 0 Å². The average Bonchev–Trinajstić information content (AvgIpc) is 3.31. The van der Waals surface area contributed by atoms with Crippen LogP contribution in [0.1, 0.15) is 46.1 Å². The molecule has 5 rings (SSSR count). The Morgan fingerprint density at radius 2 is 2.00 bits per heavy atom. The van der Waals surface area contributed by atoms with E-state index in [1.807, 2.05) is 13.0 Å². The maximum absolute atomic E-state index is 14.8. The first-order valence-corrected chi connectivity index (χ1v) is 9.79. The molecule has 2 aliphatic heterocycles. The van der Waals surface area contributed by atoms with Crippen molar-refractivity contribution in [2.24, 2.45) is 0 Å². The molecule has 3 heterocycles. The molecule has 1 saturated heterocycles. The number of rotatable bonds is 3. The lowest BCUT2D eigenvalue weighted by atomic mass is 9.97. The Morgan fingerprint density at radius 1 is 1.17 bits per heavy atom. The second kappa shape index (κ2) is 6.81. The fourth-order valence-electron chi connectivity index (χ4n) is 4.35. The molecule has 2 aliphatic rings. The number of fused-ring (bicyclic) bond motifs is 2. The molecule has 0 radical (unpaired) electrons. The molecule has 0 aliphatic carbocycles. The molecule has 2 atom stereocenters. The molecule has 0 spiro atoms. The Morgan fingerprint density at radius 3 is 2.76 bits per heavy atom. The van der Waals surface area contributed by atoms with Gasteiger partial charge in [0.05, 0.1) is 23.1 Å². The van der Waals surface area contributed by atoms with Crippen LogP contribution in [0.25, 0.3) is 11.0 Å². The molecular weight excluding hydrogens is 373 g/mol. The van der Waals surface area contributed by atoms with Gasteiger partial charge in [0.25, 0.3) is 5.91 Å². The zero-order valence-electron chi connectivity index (χ0n) is 16.0. The lowest BCUT2D eigenvalue weighted by Gasteiger charge is -2.27. The number of nitrogens with zero attached hydrogens (tertiary/aromatic N) is 1. The molecule has 1 amide bonds. The van der Waals surface area contributed by atoms with Crippen LogP contribution in [0.4, 0.5) is 4.39 Å². The van der Waals surface area contributed by atoms with Gasteiger partial charge in [0.2, 0.25) is 5.76 Å². The Hall–Kier alpha value is -2.99. The molecular formula is C23H20FNO4. The summed E-state index contributed by atoms with van der Waals surface area (Å²) in [6.07, 6.45) is 1.62. The largest absolute Gasteiger partial charge is 0.450 e. The van der Waals surface area contributed by atoms with E-state index in [1.165, 1.54) is 11.0 Å². The van der Waals surface area contributed by atoms with Crippen LogP contribution in [0, 0.1) is 12.7 Å². The van der Waals surface area contributed by atoms with Crippen molar-refractivity contribution in [2.45, 2.75) is 31.9 Å². The van der Waals surface area contributed by atoms with E-state index in [0.29, 0.717) is 17.6 Å². The number of hydrogen-bond acceptors (Lipinski definition) is 4. The number of carbonyl (C=O) groups is 1. The van der Waals surface area contributed by atoms with Gasteiger partial charge >= 0.3 is 0 Å². The van der Waals surface area contributed by atoms with Gasteiger partial charge in [-0.3, -0.25) is 9.59 Å². The molecule has 2 aromatic carbocycles. The van der Waals surface area contributed by atoms with E-state index in [9.17, 15) is 14.0 Å². The standard InChI is InChI=1S/C23H20FNO4/c1-13-8-9-18-16(11-13)21(26)19-20(15-6-2-3-7-17(15)24)25(23(27)22(19)29-18)12-14-5-4-10-28-14/h2-3,6-9,11,14,20H,4-5,10,12H2,1H3/t14-,20+/m1/s1. The summed E-state index contributed by atoms with van der Waals surface area (Å²) in [4.78, 5) is 28.2. The Labute approximate surface area is 166 Å². The highest BCUT2D eigenvalue weighted by Gasteiger charge is 2.44. The lowest BCUT2D eigenvalue weighted by molar-refractivity contribution is 0.0483. The van der Waals surface area contributed by atoms with E-state index in [1.54, 1.807) is 30.3 Å². The van der Waals surface area contributed by atoms with Crippen molar-refractivity contribution < 1.29 is 18.3 Å². The van der Waals surface area contributed by atoms with E-state index in [0.717, 1.165) is 18.4 Å². The van der Waals surface area contributed by atoms with Gasteiger partial charge in [-0.05, 0) is 38.0 Å². The van der Waals surface area contributed by atoms with Crippen LogP contribution in [0.15, 0.2) is 51.7 Å². The molecule has 3 aromatic rings. The molecule has 0 saturated carbocycles. The lowest BCUT2D eigenvalue weighted by Crippen LogP contribution is -2.36. The van der Waals surface area contributed by atoms with Crippen molar-refractivity contribution in [3.63, 3.8) is 0 Å². The number of halogens is 1. The Kier molecular flexibility index (Phi) is 4.24. The van der Waals surface area contributed by atoms with Crippen LogP contribution in [-0.4, -0.2) is 30.1 Å². The van der Waals surface area contributed by atoms with E-state index in [-0.39, 0.29) is 35.0 Å². The maximum atomic E-state index is 14.8. The third-order valence-electron chi connectivity index (χ3n) is 5.75. The van der Waals surface area contributed by atoms with E-state index >= 15 is 0 Å². The zero-order valence-corrected chi connectivity index (χ0v) is 16.0. The van der Waals surface area contributed by atoms with E-state index in [4.69, 9.17) is 9.15 Å².